The van der Waals surface area contributed by atoms with Crippen LogP contribution in [0, 0.1) is 10.1 Å². The van der Waals surface area contributed by atoms with Gasteiger partial charge >= 0.3 is 0 Å². The number of hydrogen-bond acceptors (Lipinski definition) is 5. The number of hydrogen-bond donors (Lipinski definition) is 1. The number of methoxy groups -OCH3 is 1. The van der Waals surface area contributed by atoms with Crippen molar-refractivity contribution in [3.8, 4) is 0 Å². The smallest absolute Gasteiger partial charge is 0.270 e. The van der Waals surface area contributed by atoms with Gasteiger partial charge in [0.1, 0.15) is 0 Å². The predicted octanol–water partition coefficient (Wildman–Crippen LogP) is 1.43. The SMILES string of the molecule is COC1CCN(C(=O)c2cc([N+](=O)[O-])ccc2N)CC1. The number of non-ortho nitro benzene ring substituents is 1. The van der Waals surface area contributed by atoms with E-state index >= 15 is 0 Å². The highest BCUT2D eigenvalue weighted by Crippen LogP contribution is 2.23. The van der Waals surface area contributed by atoms with Gasteiger partial charge in [0, 0.05) is 38.0 Å². The fourth-order valence-corrected chi connectivity index (χ4v) is 2.31. The summed E-state index contributed by atoms with van der Waals surface area (Å²) in [6.07, 6.45) is 1.69. The topological polar surface area (TPSA) is 98.7 Å². The van der Waals surface area contributed by atoms with Gasteiger partial charge in [0.2, 0.25) is 0 Å². The first-order chi connectivity index (χ1) is 9.52. The molecule has 0 radical (unpaired) electrons. The van der Waals surface area contributed by atoms with Crippen molar-refractivity contribution in [1.29, 1.82) is 0 Å². The maximum Gasteiger partial charge on any atom is 0.270 e. The van der Waals surface area contributed by atoms with Crippen molar-refractivity contribution in [1.82, 2.24) is 4.90 Å². The minimum atomic E-state index is -0.534. The zero-order chi connectivity index (χ0) is 14.7. The average Bonchev–Trinajstić information content (AvgIpc) is 2.47. The molecular weight excluding hydrogens is 262 g/mol. The zero-order valence-electron chi connectivity index (χ0n) is 11.2. The average molecular weight is 279 g/mol. The van der Waals surface area contributed by atoms with E-state index < -0.39 is 4.92 Å². The number of likely N-dealkylation sites (tertiary alicyclic amines) is 1. The Morgan fingerprint density at radius 3 is 2.65 bits per heavy atom. The molecule has 2 N–H and O–H groups in total. The normalized spacial score (nSPS) is 16.1. The van der Waals surface area contributed by atoms with Gasteiger partial charge in [-0.1, -0.05) is 0 Å². The van der Waals surface area contributed by atoms with E-state index in [-0.39, 0.29) is 28.9 Å². The Bertz CT molecular complexity index is 524. The minimum absolute atomic E-state index is 0.130. The first-order valence-corrected chi connectivity index (χ1v) is 6.39. The Kier molecular flexibility index (Phi) is 4.19. The Hall–Kier alpha value is -2.15. The third-order valence-electron chi connectivity index (χ3n) is 3.54. The number of nitrogens with zero attached hydrogens (tertiary/aromatic N) is 2. The maximum absolute atomic E-state index is 12.4. The van der Waals surface area contributed by atoms with Crippen molar-refractivity contribution < 1.29 is 14.5 Å². The first-order valence-electron chi connectivity index (χ1n) is 6.39. The molecule has 1 saturated heterocycles. The summed E-state index contributed by atoms with van der Waals surface area (Å²) < 4.78 is 5.25. The van der Waals surface area contributed by atoms with Gasteiger partial charge in [-0.15, -0.1) is 0 Å². The van der Waals surface area contributed by atoms with E-state index in [1.807, 2.05) is 0 Å². The molecule has 1 aliphatic rings. The van der Waals surface area contributed by atoms with Crippen LogP contribution in [0.15, 0.2) is 18.2 Å². The number of nitrogens with two attached hydrogens (primary N) is 1. The summed E-state index contributed by atoms with van der Waals surface area (Å²) in [7, 11) is 1.65. The van der Waals surface area contributed by atoms with Crippen LogP contribution in [0.3, 0.4) is 0 Å². The molecular formula is C13H17N3O4. The summed E-state index contributed by atoms with van der Waals surface area (Å²) in [6.45, 7) is 1.14. The van der Waals surface area contributed by atoms with E-state index in [9.17, 15) is 14.9 Å². The second-order valence-corrected chi connectivity index (χ2v) is 4.76. The van der Waals surface area contributed by atoms with Crippen molar-refractivity contribution >= 4 is 17.3 Å². The van der Waals surface area contributed by atoms with Crippen LogP contribution in [0.1, 0.15) is 23.2 Å². The van der Waals surface area contributed by atoms with Gasteiger partial charge in [0.25, 0.3) is 11.6 Å². The molecule has 1 heterocycles. The van der Waals surface area contributed by atoms with Crippen LogP contribution in [-0.4, -0.2) is 42.0 Å². The van der Waals surface area contributed by atoms with Crippen molar-refractivity contribution in [2.45, 2.75) is 18.9 Å². The fourth-order valence-electron chi connectivity index (χ4n) is 2.31. The van der Waals surface area contributed by atoms with Crippen LogP contribution in [0.2, 0.25) is 0 Å². The summed E-state index contributed by atoms with van der Waals surface area (Å²) in [6, 6.07) is 3.93. The van der Waals surface area contributed by atoms with Crippen LogP contribution in [0.25, 0.3) is 0 Å². The number of amides is 1. The minimum Gasteiger partial charge on any atom is -0.398 e. The number of piperidine rings is 1. The second kappa shape index (κ2) is 5.87. The number of carbonyl (C=O) groups excluding carboxylic acids is 1. The van der Waals surface area contributed by atoms with Crippen LogP contribution >= 0.6 is 0 Å². The molecule has 0 spiro atoms. The summed E-state index contributed by atoms with van der Waals surface area (Å²) >= 11 is 0. The Balaban J connectivity index is 2.17. The summed E-state index contributed by atoms with van der Waals surface area (Å²) in [4.78, 5) is 24.3. The van der Waals surface area contributed by atoms with Crippen molar-refractivity contribution in [2.75, 3.05) is 25.9 Å². The number of nitro groups is 1. The van der Waals surface area contributed by atoms with Crippen LogP contribution in [-0.2, 0) is 4.74 Å². The maximum atomic E-state index is 12.4. The van der Waals surface area contributed by atoms with Gasteiger partial charge in [-0.05, 0) is 18.9 Å². The van der Waals surface area contributed by atoms with Gasteiger partial charge in [0.15, 0.2) is 0 Å². The number of anilines is 1. The number of rotatable bonds is 3. The van der Waals surface area contributed by atoms with E-state index in [2.05, 4.69) is 0 Å². The lowest BCUT2D eigenvalue weighted by atomic mass is 10.1. The molecule has 0 saturated carbocycles. The number of nitro benzene ring substituents is 1. The summed E-state index contributed by atoms with van der Waals surface area (Å²) in [5.41, 5.74) is 6.07. The van der Waals surface area contributed by atoms with Gasteiger partial charge in [-0.2, -0.15) is 0 Å². The molecule has 2 rings (SSSR count). The fraction of sp³-hybridized carbons (Fsp3) is 0.462. The molecule has 0 unspecified atom stereocenters. The molecule has 108 valence electrons. The summed E-state index contributed by atoms with van der Waals surface area (Å²) in [5.74, 6) is -0.263. The quantitative estimate of drug-likeness (QED) is 0.512. The molecule has 1 amide bonds. The molecule has 20 heavy (non-hydrogen) atoms. The van der Waals surface area contributed by atoms with Crippen LogP contribution in [0.4, 0.5) is 11.4 Å². The first kappa shape index (κ1) is 14.3. The lowest BCUT2D eigenvalue weighted by Crippen LogP contribution is -2.40. The molecule has 1 aliphatic heterocycles. The molecule has 0 aliphatic carbocycles. The molecule has 0 atom stereocenters. The summed E-state index contributed by atoms with van der Waals surface area (Å²) in [5, 5.41) is 10.8. The van der Waals surface area contributed by atoms with Crippen molar-refractivity contribution in [3.05, 3.63) is 33.9 Å². The van der Waals surface area contributed by atoms with E-state index in [1.54, 1.807) is 12.0 Å². The van der Waals surface area contributed by atoms with Gasteiger partial charge in [-0.25, -0.2) is 0 Å². The monoisotopic (exact) mass is 279 g/mol. The highest BCUT2D eigenvalue weighted by atomic mass is 16.6. The van der Waals surface area contributed by atoms with E-state index in [1.165, 1.54) is 18.2 Å². The molecule has 7 nitrogen and oxygen atoms in total. The molecule has 1 fully saturated rings. The van der Waals surface area contributed by atoms with E-state index in [0.717, 1.165) is 12.8 Å². The van der Waals surface area contributed by atoms with Crippen LogP contribution < -0.4 is 5.73 Å². The Morgan fingerprint density at radius 1 is 1.45 bits per heavy atom. The number of carbonyl (C=O) groups is 1. The predicted molar refractivity (Wildman–Crippen MR) is 73.4 cm³/mol. The van der Waals surface area contributed by atoms with Gasteiger partial charge in [0.05, 0.1) is 16.6 Å². The lowest BCUT2D eigenvalue weighted by Gasteiger charge is -2.31. The highest BCUT2D eigenvalue weighted by molar-refractivity contribution is 5.99. The van der Waals surface area contributed by atoms with Crippen molar-refractivity contribution in [2.24, 2.45) is 0 Å². The van der Waals surface area contributed by atoms with E-state index in [4.69, 9.17) is 10.5 Å². The number of benzene rings is 1. The molecule has 0 bridgehead atoms. The van der Waals surface area contributed by atoms with Gasteiger partial charge in [-0.3, -0.25) is 14.9 Å². The third-order valence-corrected chi connectivity index (χ3v) is 3.54. The highest BCUT2D eigenvalue weighted by Gasteiger charge is 2.25. The van der Waals surface area contributed by atoms with Crippen LogP contribution in [0.5, 0.6) is 0 Å². The standard InChI is InChI=1S/C13H17N3O4/c1-20-10-4-6-15(7-5-10)13(17)11-8-9(16(18)19)2-3-12(11)14/h2-3,8,10H,4-7,14H2,1H3. The number of nitrogen functional groups attached to an aromatic ring is 1. The second-order valence-electron chi connectivity index (χ2n) is 4.76. The van der Waals surface area contributed by atoms with Crippen molar-refractivity contribution in [3.63, 3.8) is 0 Å². The largest absolute Gasteiger partial charge is 0.398 e. The lowest BCUT2D eigenvalue weighted by molar-refractivity contribution is -0.384. The van der Waals surface area contributed by atoms with E-state index in [0.29, 0.717) is 13.1 Å². The third kappa shape index (κ3) is 2.88. The molecule has 1 aromatic carbocycles. The Labute approximate surface area is 116 Å². The Morgan fingerprint density at radius 2 is 2.10 bits per heavy atom. The molecule has 7 heteroatoms. The van der Waals surface area contributed by atoms with Gasteiger partial charge < -0.3 is 15.4 Å². The number of ether oxygens (including phenoxy) is 1. The zero-order valence-corrected chi connectivity index (χ0v) is 11.2. The molecule has 1 aromatic rings. The molecule has 0 aromatic heterocycles.